The van der Waals surface area contributed by atoms with Gasteiger partial charge in [0.05, 0.1) is 24.5 Å². The second-order valence-corrected chi connectivity index (χ2v) is 6.68. The minimum Gasteiger partial charge on any atom is -0.359 e. The molecule has 2 aromatic rings. The first-order valence-electron chi connectivity index (χ1n) is 7.40. The van der Waals surface area contributed by atoms with Crippen molar-refractivity contribution in [1.29, 1.82) is 0 Å². The highest BCUT2D eigenvalue weighted by Crippen LogP contribution is 2.40. The molecule has 21 heavy (non-hydrogen) atoms. The number of carbonyl (C=O) groups excluding carboxylic acids is 1. The highest BCUT2D eigenvalue weighted by atomic mass is 32.1. The quantitative estimate of drug-likeness (QED) is 0.927. The second kappa shape index (κ2) is 5.15. The highest BCUT2D eigenvalue weighted by Gasteiger charge is 2.31. The van der Waals surface area contributed by atoms with Gasteiger partial charge in [0.2, 0.25) is 0 Å². The molecular weight excluding hydrogens is 282 g/mol. The Kier molecular flexibility index (Phi) is 3.15. The maximum Gasteiger partial charge on any atom is 0.258 e. The third-order valence-corrected chi connectivity index (χ3v) is 5.43. The maximum absolute atomic E-state index is 12.8. The van der Waals surface area contributed by atoms with Crippen LogP contribution in [-0.4, -0.2) is 22.5 Å². The van der Waals surface area contributed by atoms with Crippen LogP contribution in [0.1, 0.15) is 39.3 Å². The summed E-state index contributed by atoms with van der Waals surface area (Å²) >= 11 is 1.78. The molecule has 1 N–H and O–H groups in total. The molecule has 1 amide bonds. The average Bonchev–Trinajstić information content (AvgIpc) is 2.90. The Morgan fingerprint density at radius 3 is 3.05 bits per heavy atom. The molecule has 0 bridgehead atoms. The van der Waals surface area contributed by atoms with Crippen molar-refractivity contribution in [3.05, 3.63) is 46.1 Å². The lowest BCUT2D eigenvalue weighted by Gasteiger charge is -2.28. The molecule has 2 aliphatic rings. The summed E-state index contributed by atoms with van der Waals surface area (Å²) in [6, 6.07) is 5.82. The van der Waals surface area contributed by atoms with Gasteiger partial charge in [-0.25, -0.2) is 0 Å². The number of carbonyl (C=O) groups is 1. The third kappa shape index (κ3) is 2.21. The molecule has 2 aromatic heterocycles. The Morgan fingerprint density at radius 1 is 1.29 bits per heavy atom. The monoisotopic (exact) mass is 299 g/mol. The third-order valence-electron chi connectivity index (χ3n) is 4.18. The van der Waals surface area contributed by atoms with Crippen LogP contribution in [0, 0.1) is 0 Å². The number of nitrogens with zero attached hydrogens (tertiary/aromatic N) is 2. The molecule has 0 saturated carbocycles. The van der Waals surface area contributed by atoms with E-state index in [-0.39, 0.29) is 5.91 Å². The summed E-state index contributed by atoms with van der Waals surface area (Å²) < 4.78 is 0. The molecule has 0 fully saturated rings. The largest absolute Gasteiger partial charge is 0.359 e. The van der Waals surface area contributed by atoms with Gasteiger partial charge in [0.15, 0.2) is 0 Å². The topological polar surface area (TPSA) is 45.2 Å². The molecule has 0 aromatic carbocycles. The van der Waals surface area contributed by atoms with Crippen molar-refractivity contribution < 1.29 is 4.79 Å². The first-order valence-corrected chi connectivity index (χ1v) is 8.22. The van der Waals surface area contributed by atoms with Crippen LogP contribution in [0.2, 0.25) is 0 Å². The summed E-state index contributed by atoms with van der Waals surface area (Å²) in [5.41, 5.74) is 3.15. The summed E-state index contributed by atoms with van der Waals surface area (Å²) in [4.78, 5) is 20.4. The summed E-state index contributed by atoms with van der Waals surface area (Å²) in [7, 11) is 0. The lowest BCUT2D eigenvalue weighted by atomic mass is 9.94. The number of anilines is 1. The number of aryl methyl sites for hydroxylation is 1. The van der Waals surface area contributed by atoms with E-state index in [2.05, 4.69) is 10.3 Å². The summed E-state index contributed by atoms with van der Waals surface area (Å²) in [6.07, 6.45) is 6.39. The van der Waals surface area contributed by atoms with Gasteiger partial charge < -0.3 is 10.2 Å². The summed E-state index contributed by atoms with van der Waals surface area (Å²) in [5, 5.41) is 4.49. The van der Waals surface area contributed by atoms with Crippen LogP contribution < -0.4 is 5.32 Å². The van der Waals surface area contributed by atoms with Gasteiger partial charge >= 0.3 is 0 Å². The molecule has 108 valence electrons. The SMILES string of the molecule is O=C1c2c(sc3c2CCCC3)NCN1Cc1ccccn1. The van der Waals surface area contributed by atoms with Crippen molar-refractivity contribution in [2.75, 3.05) is 12.0 Å². The lowest BCUT2D eigenvalue weighted by molar-refractivity contribution is 0.0744. The molecule has 0 spiro atoms. The standard InChI is InChI=1S/C16H17N3OS/c20-16-14-12-6-1-2-7-13(12)21-15(14)18-10-19(16)9-11-5-3-4-8-17-11/h3-5,8,18H,1-2,6-7,9-10H2. The number of rotatable bonds is 2. The molecule has 1 aliphatic heterocycles. The Morgan fingerprint density at radius 2 is 2.19 bits per heavy atom. The van der Waals surface area contributed by atoms with Gasteiger partial charge in [-0.1, -0.05) is 6.07 Å². The van der Waals surface area contributed by atoms with Crippen LogP contribution in [0.5, 0.6) is 0 Å². The van der Waals surface area contributed by atoms with Gasteiger partial charge in [0.1, 0.15) is 5.00 Å². The van der Waals surface area contributed by atoms with Crippen LogP contribution in [0.25, 0.3) is 0 Å². The molecule has 5 heteroatoms. The van der Waals surface area contributed by atoms with E-state index in [4.69, 9.17) is 0 Å². The zero-order chi connectivity index (χ0) is 14.2. The number of thiophene rings is 1. The Balaban J connectivity index is 1.64. The van der Waals surface area contributed by atoms with E-state index in [1.54, 1.807) is 17.5 Å². The van der Waals surface area contributed by atoms with E-state index in [0.717, 1.165) is 29.1 Å². The number of hydrogen-bond donors (Lipinski definition) is 1. The molecule has 4 nitrogen and oxygen atoms in total. The van der Waals surface area contributed by atoms with E-state index in [1.807, 2.05) is 23.1 Å². The molecule has 4 rings (SSSR count). The zero-order valence-electron chi connectivity index (χ0n) is 11.8. The van der Waals surface area contributed by atoms with Crippen LogP contribution in [0.15, 0.2) is 24.4 Å². The van der Waals surface area contributed by atoms with Gasteiger partial charge in [-0.05, 0) is 43.4 Å². The fraction of sp³-hybridized carbons (Fsp3) is 0.375. The van der Waals surface area contributed by atoms with Crippen molar-refractivity contribution in [2.24, 2.45) is 0 Å². The van der Waals surface area contributed by atoms with E-state index in [0.29, 0.717) is 13.2 Å². The zero-order valence-corrected chi connectivity index (χ0v) is 12.6. The Labute approximate surface area is 127 Å². The van der Waals surface area contributed by atoms with Crippen molar-refractivity contribution in [3.63, 3.8) is 0 Å². The molecule has 0 unspecified atom stereocenters. The lowest BCUT2D eigenvalue weighted by Crippen LogP contribution is -2.39. The number of pyridine rings is 1. The number of amides is 1. The van der Waals surface area contributed by atoms with Crippen molar-refractivity contribution >= 4 is 22.2 Å². The smallest absolute Gasteiger partial charge is 0.258 e. The fourth-order valence-corrected chi connectivity index (χ4v) is 4.40. The molecule has 0 radical (unpaired) electrons. The molecule has 1 aliphatic carbocycles. The first-order chi connectivity index (χ1) is 10.3. The van der Waals surface area contributed by atoms with Gasteiger partial charge in [0, 0.05) is 11.1 Å². The maximum atomic E-state index is 12.8. The van der Waals surface area contributed by atoms with Crippen molar-refractivity contribution in [3.8, 4) is 0 Å². The molecule has 0 saturated heterocycles. The Hall–Kier alpha value is -1.88. The van der Waals surface area contributed by atoms with Gasteiger partial charge in [-0.2, -0.15) is 0 Å². The minimum absolute atomic E-state index is 0.161. The number of hydrogen-bond acceptors (Lipinski definition) is 4. The number of aromatic nitrogens is 1. The van der Waals surface area contributed by atoms with Crippen LogP contribution in [-0.2, 0) is 19.4 Å². The van der Waals surface area contributed by atoms with Crippen LogP contribution in [0.3, 0.4) is 0 Å². The Bertz CT molecular complexity index is 680. The van der Waals surface area contributed by atoms with Crippen molar-refractivity contribution in [1.82, 2.24) is 9.88 Å². The van der Waals surface area contributed by atoms with Gasteiger partial charge in [-0.15, -0.1) is 11.3 Å². The predicted molar refractivity (Wildman–Crippen MR) is 83.6 cm³/mol. The van der Waals surface area contributed by atoms with E-state index in [1.165, 1.54) is 23.3 Å². The molecule has 0 atom stereocenters. The second-order valence-electron chi connectivity index (χ2n) is 5.57. The van der Waals surface area contributed by atoms with Crippen molar-refractivity contribution in [2.45, 2.75) is 32.2 Å². The summed E-state index contributed by atoms with van der Waals surface area (Å²) in [6.45, 7) is 1.14. The van der Waals surface area contributed by atoms with Gasteiger partial charge in [-0.3, -0.25) is 9.78 Å². The van der Waals surface area contributed by atoms with E-state index < -0.39 is 0 Å². The summed E-state index contributed by atoms with van der Waals surface area (Å²) in [5.74, 6) is 0.161. The average molecular weight is 299 g/mol. The highest BCUT2D eigenvalue weighted by molar-refractivity contribution is 7.16. The number of fused-ring (bicyclic) bond motifs is 3. The van der Waals surface area contributed by atoms with E-state index >= 15 is 0 Å². The van der Waals surface area contributed by atoms with Gasteiger partial charge in [0.25, 0.3) is 5.91 Å². The minimum atomic E-state index is 0.161. The predicted octanol–water partition coefficient (Wildman–Crippen LogP) is 3.05. The molecular formula is C16H17N3OS. The number of nitrogens with one attached hydrogen (secondary N) is 1. The molecule has 3 heterocycles. The van der Waals surface area contributed by atoms with E-state index in [9.17, 15) is 4.79 Å². The van der Waals surface area contributed by atoms with Crippen LogP contribution in [0.4, 0.5) is 5.00 Å². The van der Waals surface area contributed by atoms with Crippen LogP contribution >= 0.6 is 11.3 Å². The fourth-order valence-electron chi connectivity index (χ4n) is 3.13. The first kappa shape index (κ1) is 12.8. The normalized spacial score (nSPS) is 17.1.